The second kappa shape index (κ2) is 8.22. The number of carbonyl (C=O) groups excluding carboxylic acids is 1. The normalized spacial score (nSPS) is 21.3. The number of rotatable bonds is 4. The van der Waals surface area contributed by atoms with Crippen LogP contribution < -0.4 is 10.9 Å². The van der Waals surface area contributed by atoms with Crippen LogP contribution >= 0.6 is 11.6 Å². The van der Waals surface area contributed by atoms with Gasteiger partial charge in [0.1, 0.15) is 16.8 Å². The molecule has 1 spiro atoms. The Morgan fingerprint density at radius 3 is 2.69 bits per heavy atom. The number of hydrogen-bond donors (Lipinski definition) is 1. The number of hydrogen-bond acceptors (Lipinski definition) is 6. The van der Waals surface area contributed by atoms with Crippen molar-refractivity contribution < 1.29 is 22.7 Å². The summed E-state index contributed by atoms with van der Waals surface area (Å²) < 4.78 is 49.2. The van der Waals surface area contributed by atoms with Crippen molar-refractivity contribution in [3.63, 3.8) is 0 Å². The largest absolute Gasteiger partial charge is 0.464 e. The Labute approximate surface area is 203 Å². The maximum atomic E-state index is 14.6. The van der Waals surface area contributed by atoms with E-state index in [-0.39, 0.29) is 53.2 Å². The molecule has 2 atom stereocenters. The number of benzene rings is 1. The summed E-state index contributed by atoms with van der Waals surface area (Å²) in [6.07, 6.45) is 0.0170. The Kier molecular flexibility index (Phi) is 5.54. The van der Waals surface area contributed by atoms with Crippen LogP contribution in [0.5, 0.6) is 0 Å². The molecule has 7 nitrogen and oxygen atoms in total. The SMILES string of the molecule is COC(=O)c1nc(Cl)ccc1N[C@H](C)c1cc(F)cc2c(=O)n3c(nc12)[C@]1(CC3)CCC(F)(F)C1. The average molecular weight is 507 g/mol. The zero-order chi connectivity index (χ0) is 25.1. The number of esters is 1. The molecule has 5 rings (SSSR count). The van der Waals surface area contributed by atoms with Crippen LogP contribution in [-0.2, 0) is 16.7 Å². The minimum atomic E-state index is -2.81. The predicted molar refractivity (Wildman–Crippen MR) is 124 cm³/mol. The van der Waals surface area contributed by atoms with Gasteiger partial charge in [-0.3, -0.25) is 9.36 Å². The average Bonchev–Trinajstić information content (AvgIpc) is 3.33. The highest BCUT2D eigenvalue weighted by atomic mass is 35.5. The van der Waals surface area contributed by atoms with E-state index >= 15 is 0 Å². The van der Waals surface area contributed by atoms with E-state index in [4.69, 9.17) is 21.3 Å². The van der Waals surface area contributed by atoms with Crippen molar-refractivity contribution in [1.29, 1.82) is 0 Å². The number of anilines is 1. The molecule has 11 heteroatoms. The summed E-state index contributed by atoms with van der Waals surface area (Å²) in [6, 6.07) is 4.74. The van der Waals surface area contributed by atoms with E-state index in [1.54, 1.807) is 6.92 Å². The highest BCUT2D eigenvalue weighted by molar-refractivity contribution is 6.29. The third-order valence-electron chi connectivity index (χ3n) is 6.99. The van der Waals surface area contributed by atoms with Crippen molar-refractivity contribution >= 4 is 34.2 Å². The molecule has 0 saturated heterocycles. The number of aromatic nitrogens is 3. The monoisotopic (exact) mass is 506 g/mol. The Balaban J connectivity index is 1.63. The molecular formula is C24H22ClF3N4O3. The summed E-state index contributed by atoms with van der Waals surface area (Å²) in [6.45, 7) is 1.97. The van der Waals surface area contributed by atoms with E-state index in [9.17, 15) is 22.8 Å². The van der Waals surface area contributed by atoms with E-state index < -0.39 is 34.7 Å². The van der Waals surface area contributed by atoms with Crippen LogP contribution in [0.2, 0.25) is 5.15 Å². The van der Waals surface area contributed by atoms with Gasteiger partial charge in [-0.2, -0.15) is 0 Å². The molecule has 2 aliphatic rings. The smallest absolute Gasteiger partial charge is 0.358 e. The van der Waals surface area contributed by atoms with Gasteiger partial charge in [-0.1, -0.05) is 11.6 Å². The molecule has 3 aromatic rings. The summed E-state index contributed by atoms with van der Waals surface area (Å²) in [5, 5.41) is 3.25. The first-order valence-electron chi connectivity index (χ1n) is 11.2. The molecule has 0 bridgehead atoms. The molecule has 1 fully saturated rings. The van der Waals surface area contributed by atoms with E-state index in [0.717, 1.165) is 6.07 Å². The first-order chi connectivity index (χ1) is 16.5. The van der Waals surface area contributed by atoms with Gasteiger partial charge in [0.25, 0.3) is 5.56 Å². The number of ether oxygens (including phenoxy) is 1. The van der Waals surface area contributed by atoms with Gasteiger partial charge in [-0.25, -0.2) is 27.9 Å². The van der Waals surface area contributed by atoms with Gasteiger partial charge in [-0.05, 0) is 44.0 Å². The van der Waals surface area contributed by atoms with Gasteiger partial charge >= 0.3 is 5.97 Å². The Morgan fingerprint density at radius 1 is 1.23 bits per heavy atom. The van der Waals surface area contributed by atoms with Crippen molar-refractivity contribution in [3.8, 4) is 0 Å². The van der Waals surface area contributed by atoms with Crippen molar-refractivity contribution in [2.24, 2.45) is 0 Å². The van der Waals surface area contributed by atoms with E-state index in [0.29, 0.717) is 17.8 Å². The lowest BCUT2D eigenvalue weighted by atomic mass is 9.84. The number of nitrogens with zero attached hydrogens (tertiary/aromatic N) is 3. The lowest BCUT2D eigenvalue weighted by Gasteiger charge is -2.24. The maximum Gasteiger partial charge on any atom is 0.358 e. The zero-order valence-electron chi connectivity index (χ0n) is 19.0. The molecule has 0 radical (unpaired) electrons. The van der Waals surface area contributed by atoms with Crippen LogP contribution in [0.1, 0.15) is 60.5 Å². The molecule has 0 amide bonds. The first-order valence-corrected chi connectivity index (χ1v) is 11.6. The molecule has 1 aliphatic carbocycles. The van der Waals surface area contributed by atoms with E-state index in [1.807, 2.05) is 0 Å². The number of carbonyl (C=O) groups is 1. The summed E-state index contributed by atoms with van der Waals surface area (Å²) >= 11 is 5.92. The second-order valence-corrected chi connectivity index (χ2v) is 9.62. The third kappa shape index (κ3) is 3.93. The number of fused-ring (bicyclic) bond motifs is 3. The summed E-state index contributed by atoms with van der Waals surface area (Å²) in [4.78, 5) is 34.2. The fraction of sp³-hybridized carbons (Fsp3) is 0.417. The highest BCUT2D eigenvalue weighted by Crippen LogP contribution is 2.52. The van der Waals surface area contributed by atoms with Gasteiger partial charge in [0, 0.05) is 30.4 Å². The Hall–Kier alpha value is -3.14. The fourth-order valence-electron chi connectivity index (χ4n) is 5.31. The molecule has 0 unspecified atom stereocenters. The lowest BCUT2D eigenvalue weighted by molar-refractivity contribution is 0.00241. The summed E-state index contributed by atoms with van der Waals surface area (Å²) in [7, 11) is 1.21. The Morgan fingerprint density at radius 2 is 2.00 bits per heavy atom. The molecule has 35 heavy (non-hydrogen) atoms. The molecule has 1 N–H and O–H groups in total. The quantitative estimate of drug-likeness (QED) is 0.396. The summed E-state index contributed by atoms with van der Waals surface area (Å²) in [5.41, 5.74) is -0.520. The fourth-order valence-corrected chi connectivity index (χ4v) is 5.46. The topological polar surface area (TPSA) is 86.1 Å². The second-order valence-electron chi connectivity index (χ2n) is 9.23. The molecule has 1 aliphatic heterocycles. The number of nitrogens with one attached hydrogen (secondary N) is 1. The maximum absolute atomic E-state index is 14.6. The van der Waals surface area contributed by atoms with Crippen LogP contribution in [0.15, 0.2) is 29.1 Å². The number of alkyl halides is 2. The van der Waals surface area contributed by atoms with Gasteiger partial charge in [0.2, 0.25) is 5.92 Å². The number of methoxy groups -OCH3 is 1. The summed E-state index contributed by atoms with van der Waals surface area (Å²) in [5.74, 6) is -3.84. The number of halogens is 4. The molecular weight excluding hydrogens is 485 g/mol. The van der Waals surface area contributed by atoms with E-state index in [2.05, 4.69) is 10.3 Å². The molecule has 184 valence electrons. The lowest BCUT2D eigenvalue weighted by Crippen LogP contribution is -2.28. The Bertz CT molecular complexity index is 1430. The standard InChI is InChI=1S/C24H22ClF3N4O3/c1-12(29-16-3-4-17(25)30-19(16)21(34)35-2)14-9-13(26)10-15-18(14)31-22-23(5-6-24(27,28)11-23)7-8-32(22)20(15)33/h3-4,9-10,12,29H,5-8,11H2,1-2H3/t12-,23+/m1/s1. The predicted octanol–water partition coefficient (Wildman–Crippen LogP) is 5.00. The van der Waals surface area contributed by atoms with Gasteiger partial charge < -0.3 is 10.1 Å². The highest BCUT2D eigenvalue weighted by Gasteiger charge is 2.54. The van der Waals surface area contributed by atoms with Crippen molar-refractivity contribution in [1.82, 2.24) is 14.5 Å². The van der Waals surface area contributed by atoms with Crippen LogP contribution in [0.4, 0.5) is 18.9 Å². The van der Waals surface area contributed by atoms with Crippen LogP contribution in [0.3, 0.4) is 0 Å². The van der Waals surface area contributed by atoms with Crippen molar-refractivity contribution in [2.75, 3.05) is 12.4 Å². The molecule has 3 heterocycles. The van der Waals surface area contributed by atoms with Gasteiger partial charge in [0.15, 0.2) is 5.69 Å². The number of pyridine rings is 1. The first kappa shape index (κ1) is 23.6. The minimum Gasteiger partial charge on any atom is -0.464 e. The minimum absolute atomic E-state index is 0.0615. The van der Waals surface area contributed by atoms with Crippen LogP contribution in [0, 0.1) is 5.82 Å². The van der Waals surface area contributed by atoms with Crippen LogP contribution in [0.25, 0.3) is 10.9 Å². The van der Waals surface area contributed by atoms with E-state index in [1.165, 1.54) is 29.9 Å². The van der Waals surface area contributed by atoms with Gasteiger partial charge in [0.05, 0.1) is 29.7 Å². The van der Waals surface area contributed by atoms with Crippen LogP contribution in [-0.4, -0.2) is 33.5 Å². The van der Waals surface area contributed by atoms with Crippen molar-refractivity contribution in [3.05, 3.63) is 62.7 Å². The van der Waals surface area contributed by atoms with Crippen molar-refractivity contribution in [2.45, 2.75) is 56.5 Å². The zero-order valence-corrected chi connectivity index (χ0v) is 19.8. The third-order valence-corrected chi connectivity index (χ3v) is 7.20. The molecule has 1 aromatic carbocycles. The molecule has 2 aromatic heterocycles. The molecule has 1 saturated carbocycles. The van der Waals surface area contributed by atoms with Gasteiger partial charge in [-0.15, -0.1) is 0 Å².